The Kier molecular flexibility index (Phi) is 5.52. The van der Waals surface area contributed by atoms with E-state index in [0.29, 0.717) is 0 Å². The van der Waals surface area contributed by atoms with Crippen LogP contribution in [0.4, 0.5) is 0 Å². The topological polar surface area (TPSA) is 26.0 Å². The minimum atomic E-state index is 0.756. The van der Waals surface area contributed by atoms with E-state index >= 15 is 0 Å². The number of hydrogen-bond acceptors (Lipinski definition) is 3. The number of nitrogens with two attached hydrogens (primary N) is 1. The summed E-state index contributed by atoms with van der Waals surface area (Å²) in [5.41, 5.74) is 9.29. The Labute approximate surface area is 117 Å². The van der Waals surface area contributed by atoms with Gasteiger partial charge in [-0.1, -0.05) is 30.4 Å². The van der Waals surface area contributed by atoms with Crippen LogP contribution in [0.25, 0.3) is 17.2 Å². The molecule has 0 fully saturated rings. The van der Waals surface area contributed by atoms with Crippen molar-refractivity contribution >= 4 is 29.2 Å². The lowest BCUT2D eigenvalue weighted by Crippen LogP contribution is -2.01. The van der Waals surface area contributed by atoms with Crippen molar-refractivity contribution in [2.24, 2.45) is 5.73 Å². The van der Waals surface area contributed by atoms with Gasteiger partial charge in [0.05, 0.1) is 0 Å². The Balaban J connectivity index is 1.99. The van der Waals surface area contributed by atoms with Crippen LogP contribution in [0.15, 0.2) is 47.2 Å². The van der Waals surface area contributed by atoms with E-state index in [1.165, 1.54) is 16.7 Å². The van der Waals surface area contributed by atoms with Gasteiger partial charge < -0.3 is 5.73 Å². The van der Waals surface area contributed by atoms with Crippen LogP contribution >= 0.6 is 23.1 Å². The second-order valence-electron chi connectivity index (χ2n) is 3.90. The van der Waals surface area contributed by atoms with Crippen LogP contribution in [0.2, 0.25) is 0 Å². The molecule has 0 aliphatic heterocycles. The summed E-state index contributed by atoms with van der Waals surface area (Å²) in [6.07, 6.45) is 4.38. The quantitative estimate of drug-likeness (QED) is 0.803. The lowest BCUT2D eigenvalue weighted by Gasteiger charge is -2.00. The molecular formula is C15H17NS2. The van der Waals surface area contributed by atoms with Crippen LogP contribution in [0.3, 0.4) is 0 Å². The standard InChI is InChI=1S/C15H17NS2/c16-7-10-17-8-2-4-13-3-1-5-14(11-13)15-6-9-18-12-15/h1-6,9,11-12H,7-8,10,16H2/b4-2+. The van der Waals surface area contributed by atoms with Crippen LogP contribution in [-0.4, -0.2) is 18.1 Å². The highest BCUT2D eigenvalue weighted by atomic mass is 32.2. The number of benzene rings is 1. The first-order valence-electron chi connectivity index (χ1n) is 5.97. The van der Waals surface area contributed by atoms with Gasteiger partial charge in [-0.15, -0.1) is 0 Å². The predicted octanol–water partition coefficient (Wildman–Crippen LogP) is 4.12. The zero-order valence-corrected chi connectivity index (χ0v) is 11.8. The Morgan fingerprint density at radius 3 is 2.94 bits per heavy atom. The van der Waals surface area contributed by atoms with Crippen molar-refractivity contribution in [1.82, 2.24) is 0 Å². The van der Waals surface area contributed by atoms with Gasteiger partial charge in [-0.05, 0) is 39.6 Å². The zero-order valence-electron chi connectivity index (χ0n) is 10.2. The van der Waals surface area contributed by atoms with Crippen LogP contribution in [-0.2, 0) is 0 Å². The van der Waals surface area contributed by atoms with Gasteiger partial charge in [0, 0.05) is 18.1 Å². The summed E-state index contributed by atoms with van der Waals surface area (Å²) in [4.78, 5) is 0. The minimum absolute atomic E-state index is 0.756. The lowest BCUT2D eigenvalue weighted by molar-refractivity contribution is 1.15. The summed E-state index contributed by atoms with van der Waals surface area (Å²) in [6.45, 7) is 0.756. The third-order valence-electron chi connectivity index (χ3n) is 2.53. The van der Waals surface area contributed by atoms with E-state index in [-0.39, 0.29) is 0 Å². The highest BCUT2D eigenvalue weighted by molar-refractivity contribution is 7.99. The molecule has 18 heavy (non-hydrogen) atoms. The Morgan fingerprint density at radius 2 is 2.17 bits per heavy atom. The summed E-state index contributed by atoms with van der Waals surface area (Å²) in [7, 11) is 0. The normalized spacial score (nSPS) is 11.2. The maximum absolute atomic E-state index is 5.45. The number of hydrogen-bond donors (Lipinski definition) is 1. The van der Waals surface area contributed by atoms with Gasteiger partial charge in [-0.2, -0.15) is 23.1 Å². The molecule has 0 atom stereocenters. The van der Waals surface area contributed by atoms with Crippen molar-refractivity contribution < 1.29 is 0 Å². The van der Waals surface area contributed by atoms with Gasteiger partial charge in [0.25, 0.3) is 0 Å². The molecule has 1 aromatic heterocycles. The molecule has 1 heterocycles. The highest BCUT2D eigenvalue weighted by Crippen LogP contribution is 2.23. The first-order valence-corrected chi connectivity index (χ1v) is 8.07. The van der Waals surface area contributed by atoms with Crippen LogP contribution in [0.5, 0.6) is 0 Å². The van der Waals surface area contributed by atoms with Gasteiger partial charge in [0.2, 0.25) is 0 Å². The molecule has 0 aliphatic carbocycles. The van der Waals surface area contributed by atoms with Crippen molar-refractivity contribution in [3.63, 3.8) is 0 Å². The molecule has 0 saturated heterocycles. The van der Waals surface area contributed by atoms with Crippen molar-refractivity contribution in [3.8, 4) is 11.1 Å². The summed E-state index contributed by atoms with van der Waals surface area (Å²) in [5, 5.41) is 4.29. The molecule has 2 N–H and O–H groups in total. The molecule has 0 radical (unpaired) electrons. The fraction of sp³-hybridized carbons (Fsp3) is 0.200. The molecule has 0 saturated carbocycles. The van der Waals surface area contributed by atoms with Crippen molar-refractivity contribution in [2.45, 2.75) is 0 Å². The Morgan fingerprint density at radius 1 is 1.22 bits per heavy atom. The fourth-order valence-corrected chi connectivity index (χ4v) is 2.90. The van der Waals surface area contributed by atoms with E-state index in [0.717, 1.165) is 18.1 Å². The van der Waals surface area contributed by atoms with Gasteiger partial charge in [-0.3, -0.25) is 0 Å². The Bertz CT molecular complexity index is 489. The maximum Gasteiger partial charge on any atom is 0.0117 e. The van der Waals surface area contributed by atoms with E-state index in [9.17, 15) is 0 Å². The molecular weight excluding hydrogens is 258 g/mol. The van der Waals surface area contributed by atoms with E-state index < -0.39 is 0 Å². The minimum Gasteiger partial charge on any atom is -0.330 e. The molecule has 0 bridgehead atoms. The average molecular weight is 275 g/mol. The number of thioether (sulfide) groups is 1. The Hall–Kier alpha value is -1.03. The molecule has 1 nitrogen and oxygen atoms in total. The van der Waals surface area contributed by atoms with E-state index in [1.54, 1.807) is 11.3 Å². The highest BCUT2D eigenvalue weighted by Gasteiger charge is 1.97. The fourth-order valence-electron chi connectivity index (χ4n) is 1.67. The third kappa shape index (κ3) is 4.02. The molecule has 94 valence electrons. The van der Waals surface area contributed by atoms with Gasteiger partial charge >= 0.3 is 0 Å². The van der Waals surface area contributed by atoms with E-state index in [4.69, 9.17) is 5.73 Å². The molecule has 3 heteroatoms. The molecule has 0 amide bonds. The molecule has 2 aromatic rings. The van der Waals surface area contributed by atoms with Gasteiger partial charge in [-0.25, -0.2) is 0 Å². The molecule has 0 aliphatic rings. The summed E-state index contributed by atoms with van der Waals surface area (Å²) >= 11 is 3.60. The molecule has 0 unspecified atom stereocenters. The number of thiophene rings is 1. The summed E-state index contributed by atoms with van der Waals surface area (Å²) < 4.78 is 0. The van der Waals surface area contributed by atoms with Gasteiger partial charge in [0.1, 0.15) is 0 Å². The second kappa shape index (κ2) is 7.41. The predicted molar refractivity (Wildman–Crippen MR) is 85.2 cm³/mol. The van der Waals surface area contributed by atoms with Gasteiger partial charge in [0.15, 0.2) is 0 Å². The third-order valence-corrected chi connectivity index (χ3v) is 4.16. The van der Waals surface area contributed by atoms with Crippen LogP contribution in [0.1, 0.15) is 5.56 Å². The molecule has 2 rings (SSSR count). The molecule has 0 spiro atoms. The van der Waals surface area contributed by atoms with Crippen LogP contribution < -0.4 is 5.73 Å². The zero-order chi connectivity index (χ0) is 12.6. The number of rotatable bonds is 6. The SMILES string of the molecule is NCCSC/C=C/c1cccc(-c2ccsc2)c1. The average Bonchev–Trinajstić information content (AvgIpc) is 2.93. The summed E-state index contributed by atoms with van der Waals surface area (Å²) in [6, 6.07) is 10.8. The van der Waals surface area contributed by atoms with E-state index in [1.807, 2.05) is 11.8 Å². The molecule has 1 aromatic carbocycles. The largest absolute Gasteiger partial charge is 0.330 e. The van der Waals surface area contributed by atoms with Crippen molar-refractivity contribution in [2.75, 3.05) is 18.1 Å². The monoisotopic (exact) mass is 275 g/mol. The first-order chi connectivity index (χ1) is 8.90. The van der Waals surface area contributed by atoms with Crippen molar-refractivity contribution in [1.29, 1.82) is 0 Å². The second-order valence-corrected chi connectivity index (χ2v) is 5.83. The van der Waals surface area contributed by atoms with Crippen molar-refractivity contribution in [3.05, 3.63) is 52.7 Å². The van der Waals surface area contributed by atoms with Crippen LogP contribution in [0, 0.1) is 0 Å². The lowest BCUT2D eigenvalue weighted by atomic mass is 10.1. The first kappa shape index (κ1) is 13.4. The smallest absolute Gasteiger partial charge is 0.0117 e. The summed E-state index contributed by atoms with van der Waals surface area (Å²) in [5.74, 6) is 2.05. The van der Waals surface area contributed by atoms with E-state index in [2.05, 4.69) is 53.2 Å². The maximum atomic E-state index is 5.45.